The summed E-state index contributed by atoms with van der Waals surface area (Å²) in [7, 11) is 1.73. The van der Waals surface area contributed by atoms with Crippen molar-refractivity contribution >= 4 is 5.69 Å². The Balaban J connectivity index is 1.99. The largest absolute Gasteiger partial charge is 0.384 e. The van der Waals surface area contributed by atoms with E-state index in [-0.39, 0.29) is 0 Å². The molecule has 2 aromatic carbocycles. The van der Waals surface area contributed by atoms with Crippen molar-refractivity contribution < 1.29 is 4.74 Å². The van der Waals surface area contributed by atoms with Crippen LogP contribution in [0.1, 0.15) is 24.0 Å². The molecule has 0 saturated carbocycles. The van der Waals surface area contributed by atoms with Gasteiger partial charge in [0.1, 0.15) is 0 Å². The van der Waals surface area contributed by atoms with Crippen LogP contribution in [0.25, 0.3) is 0 Å². The van der Waals surface area contributed by atoms with Crippen LogP contribution < -0.4 is 5.32 Å². The fourth-order valence-corrected chi connectivity index (χ4v) is 2.14. The molecule has 0 saturated heterocycles. The standard InChI is InChI=1S/C17H21NO/c1-14(15-8-4-3-5-9-15)12-18-17-11-7-6-10-16(17)13-19-2/h3-11,14,18H,12-13H2,1-2H3. The maximum Gasteiger partial charge on any atom is 0.0733 e. The lowest BCUT2D eigenvalue weighted by atomic mass is 10.0. The summed E-state index contributed by atoms with van der Waals surface area (Å²) in [5, 5.41) is 3.52. The van der Waals surface area contributed by atoms with E-state index in [0.717, 1.165) is 12.2 Å². The third-order valence-corrected chi connectivity index (χ3v) is 3.28. The summed E-state index contributed by atoms with van der Waals surface area (Å²) >= 11 is 0. The van der Waals surface area contributed by atoms with Crippen molar-refractivity contribution in [3.8, 4) is 0 Å². The maximum atomic E-state index is 5.22. The van der Waals surface area contributed by atoms with Crippen molar-refractivity contribution in [2.45, 2.75) is 19.4 Å². The quantitative estimate of drug-likeness (QED) is 0.840. The van der Waals surface area contributed by atoms with Crippen molar-refractivity contribution in [1.29, 1.82) is 0 Å². The lowest BCUT2D eigenvalue weighted by Gasteiger charge is -2.16. The summed E-state index contributed by atoms with van der Waals surface area (Å²) in [6.45, 7) is 3.80. The molecule has 2 nitrogen and oxygen atoms in total. The number of rotatable bonds is 6. The van der Waals surface area contributed by atoms with Crippen LogP contribution in [0.2, 0.25) is 0 Å². The van der Waals surface area contributed by atoms with Crippen molar-refractivity contribution in [2.75, 3.05) is 19.0 Å². The molecule has 1 unspecified atom stereocenters. The second-order valence-corrected chi connectivity index (χ2v) is 4.78. The zero-order chi connectivity index (χ0) is 13.5. The van der Waals surface area contributed by atoms with Gasteiger partial charge in [-0.3, -0.25) is 0 Å². The number of para-hydroxylation sites is 1. The highest BCUT2D eigenvalue weighted by Gasteiger charge is 2.06. The molecule has 19 heavy (non-hydrogen) atoms. The molecular formula is C17H21NO. The van der Waals surface area contributed by atoms with Gasteiger partial charge in [-0.1, -0.05) is 55.5 Å². The van der Waals surface area contributed by atoms with E-state index in [1.165, 1.54) is 11.1 Å². The van der Waals surface area contributed by atoms with Gasteiger partial charge in [-0.25, -0.2) is 0 Å². The molecule has 1 N–H and O–H groups in total. The van der Waals surface area contributed by atoms with Crippen LogP contribution in [-0.4, -0.2) is 13.7 Å². The van der Waals surface area contributed by atoms with E-state index < -0.39 is 0 Å². The Morgan fingerprint density at radius 1 is 1.00 bits per heavy atom. The number of hydrogen-bond donors (Lipinski definition) is 1. The van der Waals surface area contributed by atoms with Crippen molar-refractivity contribution in [3.63, 3.8) is 0 Å². The summed E-state index contributed by atoms with van der Waals surface area (Å²) in [6, 6.07) is 18.9. The predicted octanol–water partition coefficient (Wildman–Crippen LogP) is 4.05. The Kier molecular flexibility index (Phi) is 4.99. The van der Waals surface area contributed by atoms with Crippen LogP contribution in [0.15, 0.2) is 54.6 Å². The number of hydrogen-bond acceptors (Lipinski definition) is 2. The number of methoxy groups -OCH3 is 1. The molecule has 0 amide bonds. The first-order valence-electron chi connectivity index (χ1n) is 6.67. The number of ether oxygens (including phenoxy) is 1. The van der Waals surface area contributed by atoms with E-state index in [9.17, 15) is 0 Å². The van der Waals surface area contributed by atoms with Gasteiger partial charge >= 0.3 is 0 Å². The Hall–Kier alpha value is -1.80. The Morgan fingerprint density at radius 2 is 1.68 bits per heavy atom. The van der Waals surface area contributed by atoms with Gasteiger partial charge in [0.25, 0.3) is 0 Å². The molecule has 2 heteroatoms. The van der Waals surface area contributed by atoms with Crippen LogP contribution in [0.3, 0.4) is 0 Å². The SMILES string of the molecule is COCc1ccccc1NCC(C)c1ccccc1. The van der Waals surface area contributed by atoms with Crippen LogP contribution in [0.5, 0.6) is 0 Å². The maximum absolute atomic E-state index is 5.22. The Labute approximate surface area is 115 Å². The van der Waals surface area contributed by atoms with Crippen LogP contribution in [-0.2, 0) is 11.3 Å². The molecule has 0 aliphatic carbocycles. The monoisotopic (exact) mass is 255 g/mol. The molecule has 0 heterocycles. The van der Waals surface area contributed by atoms with E-state index in [2.05, 4.69) is 60.8 Å². The summed E-state index contributed by atoms with van der Waals surface area (Å²) in [5.41, 5.74) is 3.72. The first kappa shape index (κ1) is 13.6. The highest BCUT2D eigenvalue weighted by Crippen LogP contribution is 2.19. The average Bonchev–Trinajstić information content (AvgIpc) is 2.47. The van der Waals surface area contributed by atoms with E-state index >= 15 is 0 Å². The second-order valence-electron chi connectivity index (χ2n) is 4.78. The van der Waals surface area contributed by atoms with Gasteiger partial charge in [0.15, 0.2) is 0 Å². The molecule has 0 aliphatic rings. The van der Waals surface area contributed by atoms with E-state index in [0.29, 0.717) is 12.5 Å². The van der Waals surface area contributed by atoms with Gasteiger partial charge in [-0.15, -0.1) is 0 Å². The minimum Gasteiger partial charge on any atom is -0.384 e. The van der Waals surface area contributed by atoms with Crippen LogP contribution in [0, 0.1) is 0 Å². The Bertz CT molecular complexity index is 496. The van der Waals surface area contributed by atoms with Gasteiger partial charge in [0.05, 0.1) is 6.61 Å². The molecule has 0 aromatic heterocycles. The predicted molar refractivity (Wildman–Crippen MR) is 80.5 cm³/mol. The minimum atomic E-state index is 0.483. The molecule has 0 spiro atoms. The molecule has 0 fully saturated rings. The molecule has 0 bridgehead atoms. The molecule has 0 aliphatic heterocycles. The second kappa shape index (κ2) is 6.95. The van der Waals surface area contributed by atoms with Crippen LogP contribution >= 0.6 is 0 Å². The molecule has 1 atom stereocenters. The van der Waals surface area contributed by atoms with Crippen molar-refractivity contribution in [1.82, 2.24) is 0 Å². The number of benzene rings is 2. The first-order valence-corrected chi connectivity index (χ1v) is 6.67. The normalized spacial score (nSPS) is 12.1. The lowest BCUT2D eigenvalue weighted by molar-refractivity contribution is 0.185. The van der Waals surface area contributed by atoms with Gasteiger partial charge in [-0.2, -0.15) is 0 Å². The third kappa shape index (κ3) is 3.83. The average molecular weight is 255 g/mol. The summed E-state index contributed by atoms with van der Waals surface area (Å²) in [5.74, 6) is 0.483. The van der Waals surface area contributed by atoms with E-state index in [1.807, 2.05) is 6.07 Å². The van der Waals surface area contributed by atoms with Gasteiger partial charge in [0.2, 0.25) is 0 Å². The molecule has 100 valence electrons. The van der Waals surface area contributed by atoms with E-state index in [4.69, 9.17) is 4.74 Å². The van der Waals surface area contributed by atoms with Gasteiger partial charge in [0, 0.05) is 24.9 Å². The molecule has 2 rings (SSSR count). The summed E-state index contributed by atoms with van der Waals surface area (Å²) < 4.78 is 5.22. The minimum absolute atomic E-state index is 0.483. The third-order valence-electron chi connectivity index (χ3n) is 3.28. The van der Waals surface area contributed by atoms with Crippen molar-refractivity contribution in [3.05, 3.63) is 65.7 Å². The molecular weight excluding hydrogens is 234 g/mol. The highest BCUT2D eigenvalue weighted by molar-refractivity contribution is 5.51. The van der Waals surface area contributed by atoms with Crippen molar-refractivity contribution in [2.24, 2.45) is 0 Å². The fourth-order valence-electron chi connectivity index (χ4n) is 2.14. The van der Waals surface area contributed by atoms with Gasteiger partial charge < -0.3 is 10.1 Å². The zero-order valence-corrected chi connectivity index (χ0v) is 11.6. The molecule has 2 aromatic rings. The lowest BCUT2D eigenvalue weighted by Crippen LogP contribution is -2.11. The van der Waals surface area contributed by atoms with Crippen LogP contribution in [0.4, 0.5) is 5.69 Å². The summed E-state index contributed by atoms with van der Waals surface area (Å²) in [4.78, 5) is 0. The zero-order valence-electron chi connectivity index (χ0n) is 11.6. The Morgan fingerprint density at radius 3 is 2.42 bits per heavy atom. The topological polar surface area (TPSA) is 21.3 Å². The summed E-state index contributed by atoms with van der Waals surface area (Å²) in [6.07, 6.45) is 0. The highest BCUT2D eigenvalue weighted by atomic mass is 16.5. The smallest absolute Gasteiger partial charge is 0.0733 e. The van der Waals surface area contributed by atoms with E-state index in [1.54, 1.807) is 7.11 Å². The fraction of sp³-hybridized carbons (Fsp3) is 0.294. The number of nitrogens with one attached hydrogen (secondary N) is 1. The number of anilines is 1. The molecule has 0 radical (unpaired) electrons. The first-order chi connectivity index (χ1) is 9.31. The van der Waals surface area contributed by atoms with Gasteiger partial charge in [-0.05, 0) is 17.5 Å².